The van der Waals surface area contributed by atoms with Gasteiger partial charge >= 0.3 is 6.18 Å². The Labute approximate surface area is 162 Å². The molecule has 1 amide bonds. The van der Waals surface area contributed by atoms with Crippen LogP contribution in [-0.2, 0) is 11.0 Å². The molecule has 1 aromatic carbocycles. The summed E-state index contributed by atoms with van der Waals surface area (Å²) in [4.78, 5) is 14.0. The highest BCUT2D eigenvalue weighted by Crippen LogP contribution is 2.31. The molecular formula is C16H18F3N5O3S. The molecule has 1 aromatic heterocycles. The number of hydrogen-bond acceptors (Lipinski definition) is 7. The van der Waals surface area contributed by atoms with Crippen LogP contribution in [0.25, 0.3) is 0 Å². The highest BCUT2D eigenvalue weighted by Gasteiger charge is 2.38. The van der Waals surface area contributed by atoms with E-state index in [1.807, 2.05) is 12.1 Å². The average Bonchev–Trinajstić information content (AvgIpc) is 3.05. The largest absolute Gasteiger partial charge is 0.486 e. The maximum atomic E-state index is 12.7. The van der Waals surface area contributed by atoms with E-state index in [2.05, 4.69) is 10.2 Å². The number of para-hydroxylation sites is 2. The molecule has 0 aliphatic carbocycles. The molecule has 0 saturated heterocycles. The number of hydrogen-bond donors (Lipinski definition) is 1. The first-order chi connectivity index (χ1) is 13.3. The van der Waals surface area contributed by atoms with Gasteiger partial charge in [-0.05, 0) is 19.1 Å². The van der Waals surface area contributed by atoms with Crippen molar-refractivity contribution >= 4 is 17.7 Å². The third-order valence-electron chi connectivity index (χ3n) is 3.97. The number of fused-ring (bicyclic) bond motifs is 1. The number of halogens is 3. The number of thioether (sulfide) groups is 1. The predicted octanol–water partition coefficient (Wildman–Crippen LogP) is 1.79. The smallest absolute Gasteiger partial charge is 0.453 e. The molecule has 8 nitrogen and oxygen atoms in total. The fourth-order valence-corrected chi connectivity index (χ4v) is 3.35. The number of nitrogens with zero attached hydrogens (tertiary/aromatic N) is 4. The zero-order chi connectivity index (χ0) is 20.3. The lowest BCUT2D eigenvalue weighted by Gasteiger charge is -2.30. The number of amides is 1. The molecule has 2 N–H and O–H groups in total. The van der Waals surface area contributed by atoms with E-state index in [9.17, 15) is 18.0 Å². The minimum Gasteiger partial charge on any atom is -0.486 e. The van der Waals surface area contributed by atoms with Gasteiger partial charge in [0.2, 0.25) is 11.1 Å². The molecule has 1 atom stereocenters. The molecule has 0 fully saturated rings. The Bertz CT molecular complexity index is 845. The van der Waals surface area contributed by atoms with Crippen LogP contribution in [0.5, 0.6) is 11.5 Å². The summed E-state index contributed by atoms with van der Waals surface area (Å²) in [5.74, 6) is 4.88. The van der Waals surface area contributed by atoms with Crippen molar-refractivity contribution in [2.24, 2.45) is 0 Å². The van der Waals surface area contributed by atoms with Gasteiger partial charge in [0.15, 0.2) is 17.6 Å². The van der Waals surface area contributed by atoms with Crippen LogP contribution in [0.4, 0.5) is 13.2 Å². The molecule has 1 unspecified atom stereocenters. The van der Waals surface area contributed by atoms with Gasteiger partial charge in [-0.3, -0.25) is 4.79 Å². The Morgan fingerprint density at radius 1 is 1.36 bits per heavy atom. The number of nitrogens with two attached hydrogens (primary N) is 1. The molecule has 0 bridgehead atoms. The number of likely N-dealkylation sites (N-methyl/N-ethyl adjacent to an activating group) is 1. The molecule has 3 rings (SSSR count). The van der Waals surface area contributed by atoms with E-state index < -0.39 is 12.0 Å². The van der Waals surface area contributed by atoms with E-state index in [4.69, 9.17) is 15.3 Å². The Morgan fingerprint density at radius 2 is 2.07 bits per heavy atom. The lowest BCUT2D eigenvalue weighted by molar-refractivity contribution is -0.146. The normalized spacial score (nSPS) is 16.1. The van der Waals surface area contributed by atoms with Gasteiger partial charge in [-0.1, -0.05) is 23.9 Å². The Hall–Kier alpha value is -2.63. The van der Waals surface area contributed by atoms with E-state index in [0.29, 0.717) is 29.3 Å². The topological polar surface area (TPSA) is 95.5 Å². The van der Waals surface area contributed by atoms with Crippen LogP contribution < -0.4 is 15.3 Å². The highest BCUT2D eigenvalue weighted by atomic mass is 32.2. The third kappa shape index (κ3) is 4.43. The second-order valence-electron chi connectivity index (χ2n) is 5.89. The van der Waals surface area contributed by atoms with Crippen molar-refractivity contribution in [3.8, 4) is 11.5 Å². The summed E-state index contributed by atoms with van der Waals surface area (Å²) in [7, 11) is 0. The summed E-state index contributed by atoms with van der Waals surface area (Å²) in [5.41, 5.74) is 0. The van der Waals surface area contributed by atoms with Crippen LogP contribution in [0.1, 0.15) is 12.7 Å². The summed E-state index contributed by atoms with van der Waals surface area (Å²) >= 11 is 0.787. The predicted molar refractivity (Wildman–Crippen MR) is 94.5 cm³/mol. The van der Waals surface area contributed by atoms with Gasteiger partial charge in [-0.15, -0.1) is 10.2 Å². The minimum absolute atomic E-state index is 0.134. The molecule has 2 heterocycles. The Balaban J connectivity index is 1.57. The van der Waals surface area contributed by atoms with Gasteiger partial charge in [0, 0.05) is 6.54 Å². The van der Waals surface area contributed by atoms with E-state index in [0.717, 1.165) is 11.8 Å². The number of benzene rings is 1. The van der Waals surface area contributed by atoms with Crippen LogP contribution in [-0.4, -0.2) is 57.2 Å². The quantitative estimate of drug-likeness (QED) is 0.566. The standard InChI is InChI=1S/C16H18F3N5O3S/c1-2-23(7-10-8-26-11-5-3-4-6-12(11)27-10)13(25)9-28-15-22-21-14(24(15)20)16(17,18)19/h3-6,10H,2,7-9,20H2,1H3. The molecule has 1 aliphatic heterocycles. The molecular weight excluding hydrogens is 399 g/mol. The van der Waals surface area contributed by atoms with Crippen LogP contribution >= 0.6 is 11.8 Å². The Kier molecular flexibility index (Phi) is 5.87. The summed E-state index contributed by atoms with van der Waals surface area (Å²) in [6, 6.07) is 7.23. The number of aromatic nitrogens is 3. The minimum atomic E-state index is -4.71. The van der Waals surface area contributed by atoms with Gasteiger partial charge in [-0.2, -0.15) is 13.2 Å². The number of nitrogen functional groups attached to an aromatic ring is 1. The van der Waals surface area contributed by atoms with Gasteiger partial charge in [0.1, 0.15) is 6.61 Å². The van der Waals surface area contributed by atoms with E-state index >= 15 is 0 Å². The molecule has 1 aliphatic rings. The van der Waals surface area contributed by atoms with Crippen LogP contribution in [0.3, 0.4) is 0 Å². The van der Waals surface area contributed by atoms with Gasteiger partial charge < -0.3 is 20.2 Å². The van der Waals surface area contributed by atoms with E-state index in [1.54, 1.807) is 19.1 Å². The molecule has 0 saturated carbocycles. The van der Waals surface area contributed by atoms with Crippen LogP contribution in [0, 0.1) is 0 Å². The summed E-state index contributed by atoms with van der Waals surface area (Å²) in [6.07, 6.45) is -5.06. The summed E-state index contributed by atoms with van der Waals surface area (Å²) in [5, 5.41) is 6.23. The van der Waals surface area contributed by atoms with Crippen molar-refractivity contribution in [3.05, 3.63) is 30.1 Å². The van der Waals surface area contributed by atoms with Gasteiger partial charge in [0.05, 0.1) is 12.3 Å². The number of ether oxygens (including phenoxy) is 2. The molecule has 2 aromatic rings. The fraction of sp³-hybridized carbons (Fsp3) is 0.438. The number of rotatable bonds is 6. The van der Waals surface area contributed by atoms with Crippen molar-refractivity contribution < 1.29 is 27.4 Å². The van der Waals surface area contributed by atoms with E-state index in [1.165, 1.54) is 4.90 Å². The molecule has 0 radical (unpaired) electrons. The van der Waals surface area contributed by atoms with Crippen molar-refractivity contribution in [2.75, 3.05) is 31.3 Å². The SMILES string of the molecule is CCN(CC1COc2ccccc2O1)C(=O)CSc1nnc(C(F)(F)F)n1N. The summed E-state index contributed by atoms with van der Waals surface area (Å²) < 4.78 is 49.9. The maximum absolute atomic E-state index is 12.7. The van der Waals surface area contributed by atoms with Crippen molar-refractivity contribution in [2.45, 2.75) is 24.4 Å². The van der Waals surface area contributed by atoms with Crippen molar-refractivity contribution in [1.82, 2.24) is 19.8 Å². The van der Waals surface area contributed by atoms with E-state index in [-0.39, 0.29) is 29.5 Å². The molecule has 12 heteroatoms. The molecule has 28 heavy (non-hydrogen) atoms. The maximum Gasteiger partial charge on any atom is 0.453 e. The first kappa shape index (κ1) is 20.1. The lowest BCUT2D eigenvalue weighted by atomic mass is 10.2. The van der Waals surface area contributed by atoms with Crippen LogP contribution in [0.15, 0.2) is 29.4 Å². The average molecular weight is 417 g/mol. The second kappa shape index (κ2) is 8.17. The Morgan fingerprint density at radius 3 is 2.71 bits per heavy atom. The number of alkyl halides is 3. The zero-order valence-electron chi connectivity index (χ0n) is 14.8. The van der Waals surface area contributed by atoms with Gasteiger partial charge in [-0.25, -0.2) is 4.68 Å². The fourth-order valence-electron chi connectivity index (χ4n) is 2.59. The number of carbonyl (C=O) groups is 1. The lowest BCUT2D eigenvalue weighted by Crippen LogP contribution is -2.44. The highest BCUT2D eigenvalue weighted by molar-refractivity contribution is 7.99. The summed E-state index contributed by atoms with van der Waals surface area (Å²) in [6.45, 7) is 2.78. The first-order valence-corrected chi connectivity index (χ1v) is 9.35. The first-order valence-electron chi connectivity index (χ1n) is 8.36. The second-order valence-corrected chi connectivity index (χ2v) is 6.84. The van der Waals surface area contributed by atoms with Crippen molar-refractivity contribution in [1.29, 1.82) is 0 Å². The monoisotopic (exact) mass is 417 g/mol. The molecule has 0 spiro atoms. The van der Waals surface area contributed by atoms with Gasteiger partial charge in [0.25, 0.3) is 5.82 Å². The zero-order valence-corrected chi connectivity index (χ0v) is 15.7. The third-order valence-corrected chi connectivity index (χ3v) is 4.90. The molecule has 152 valence electrons. The van der Waals surface area contributed by atoms with Crippen molar-refractivity contribution in [3.63, 3.8) is 0 Å². The number of carbonyl (C=O) groups excluding carboxylic acids is 1. The van der Waals surface area contributed by atoms with Crippen LogP contribution in [0.2, 0.25) is 0 Å².